The third kappa shape index (κ3) is 4.57. The van der Waals surface area contributed by atoms with Crippen LogP contribution in [0.15, 0.2) is 59.8 Å². The van der Waals surface area contributed by atoms with E-state index >= 15 is 0 Å². The van der Waals surface area contributed by atoms with Crippen LogP contribution in [0.3, 0.4) is 0 Å². The molecule has 0 atom stereocenters. The predicted octanol–water partition coefficient (Wildman–Crippen LogP) is 7.08. The Labute approximate surface area is 171 Å². The van der Waals surface area contributed by atoms with Crippen molar-refractivity contribution in [1.29, 1.82) is 0 Å². The molecule has 8 heteroatoms. The Morgan fingerprint density at radius 1 is 0.767 bits per heavy atom. The molecule has 0 saturated carbocycles. The van der Waals surface area contributed by atoms with Crippen molar-refractivity contribution in [2.75, 3.05) is 23.0 Å². The van der Waals surface area contributed by atoms with Crippen LogP contribution in [0.5, 0.6) is 0 Å². The van der Waals surface area contributed by atoms with Gasteiger partial charge < -0.3 is 9.80 Å². The van der Waals surface area contributed by atoms with E-state index in [1.165, 1.54) is 12.1 Å². The highest BCUT2D eigenvalue weighted by Crippen LogP contribution is 2.37. The van der Waals surface area contributed by atoms with E-state index in [4.69, 9.17) is 0 Å². The van der Waals surface area contributed by atoms with Gasteiger partial charge in [-0.3, -0.25) is 0 Å². The van der Waals surface area contributed by atoms with Gasteiger partial charge in [-0.25, -0.2) is 0 Å². The second-order valence-electron chi connectivity index (χ2n) is 7.12. The van der Waals surface area contributed by atoms with Crippen LogP contribution in [-0.4, -0.2) is 13.2 Å². The van der Waals surface area contributed by atoms with Gasteiger partial charge in [-0.05, 0) is 54.8 Å². The van der Waals surface area contributed by atoms with Crippen molar-refractivity contribution < 1.29 is 26.3 Å². The summed E-state index contributed by atoms with van der Waals surface area (Å²) in [5, 5.41) is 0. The molecule has 0 bridgehead atoms. The number of hydrogen-bond acceptors (Lipinski definition) is 2. The molecule has 0 unspecified atom stereocenters. The maximum absolute atomic E-state index is 13.2. The summed E-state index contributed by atoms with van der Waals surface area (Å²) in [5.41, 5.74) is 1.12. The number of alkyl halides is 6. The molecule has 30 heavy (non-hydrogen) atoms. The summed E-state index contributed by atoms with van der Waals surface area (Å²) < 4.78 is 79.1. The normalized spacial score (nSPS) is 15.7. The van der Waals surface area contributed by atoms with E-state index < -0.39 is 23.5 Å². The van der Waals surface area contributed by atoms with Gasteiger partial charge in [0.25, 0.3) is 0 Å². The molecule has 0 spiro atoms. The molecule has 2 nitrogen and oxygen atoms in total. The number of hydrogen-bond donors (Lipinski definition) is 0. The van der Waals surface area contributed by atoms with Crippen LogP contribution in [0, 0.1) is 0 Å². The quantitative estimate of drug-likeness (QED) is 0.480. The van der Waals surface area contributed by atoms with E-state index in [1.807, 2.05) is 13.8 Å². The summed E-state index contributed by atoms with van der Waals surface area (Å²) in [6, 6.07) is 10.0. The van der Waals surface area contributed by atoms with Gasteiger partial charge in [0, 0.05) is 23.6 Å². The first kappa shape index (κ1) is 22.1. The van der Waals surface area contributed by atoms with Crippen LogP contribution in [0.1, 0.15) is 37.8 Å². The third-order valence-corrected chi connectivity index (χ3v) is 5.21. The summed E-state index contributed by atoms with van der Waals surface area (Å²) in [6.07, 6.45) is -7.69. The molecule has 0 aliphatic carbocycles. The molecule has 0 saturated heterocycles. The number of allylic oxidation sites excluding steroid dienone is 1. The lowest BCUT2D eigenvalue weighted by Gasteiger charge is -2.41. The monoisotopic (exact) mass is 428 g/mol. The summed E-state index contributed by atoms with van der Waals surface area (Å²) in [5.74, 6) is 0. The first-order valence-corrected chi connectivity index (χ1v) is 9.62. The first-order valence-electron chi connectivity index (χ1n) is 9.62. The fourth-order valence-corrected chi connectivity index (χ4v) is 3.71. The highest BCUT2D eigenvalue weighted by atomic mass is 19.4. The van der Waals surface area contributed by atoms with Gasteiger partial charge in [0.1, 0.15) is 0 Å². The Kier molecular flexibility index (Phi) is 6.06. The van der Waals surface area contributed by atoms with E-state index in [2.05, 4.69) is 0 Å². The smallest absolute Gasteiger partial charge is 0.349 e. The van der Waals surface area contributed by atoms with E-state index in [9.17, 15) is 26.3 Å². The van der Waals surface area contributed by atoms with Crippen molar-refractivity contribution in [3.05, 3.63) is 70.9 Å². The van der Waals surface area contributed by atoms with Crippen molar-refractivity contribution in [3.63, 3.8) is 0 Å². The minimum absolute atomic E-state index is 0.162. The minimum atomic E-state index is -4.48. The molecule has 2 aromatic carbocycles. The lowest BCUT2D eigenvalue weighted by molar-refractivity contribution is -0.138. The van der Waals surface area contributed by atoms with Gasteiger partial charge in [0.05, 0.1) is 17.8 Å². The van der Waals surface area contributed by atoms with E-state index in [0.29, 0.717) is 30.8 Å². The highest BCUT2D eigenvalue weighted by molar-refractivity contribution is 5.61. The zero-order valence-electron chi connectivity index (χ0n) is 16.6. The van der Waals surface area contributed by atoms with Gasteiger partial charge in [-0.15, -0.1) is 0 Å². The minimum Gasteiger partial charge on any atom is -0.349 e. The molecule has 1 heterocycles. The molecule has 3 rings (SSSR count). The number of halogens is 6. The summed E-state index contributed by atoms with van der Waals surface area (Å²) in [7, 11) is 0. The zero-order valence-corrected chi connectivity index (χ0v) is 16.6. The second-order valence-corrected chi connectivity index (χ2v) is 7.12. The Bertz CT molecular complexity index is 930. The molecule has 0 aromatic heterocycles. The highest BCUT2D eigenvalue weighted by Gasteiger charge is 2.33. The lowest BCUT2D eigenvalue weighted by atomic mass is 10.0. The molecule has 0 radical (unpaired) electrons. The fraction of sp³-hybridized carbons (Fsp3) is 0.364. The van der Waals surface area contributed by atoms with Crippen LogP contribution in [0.25, 0.3) is 0 Å². The molecule has 162 valence electrons. The van der Waals surface area contributed by atoms with Crippen molar-refractivity contribution in [2.24, 2.45) is 0 Å². The summed E-state index contributed by atoms with van der Waals surface area (Å²) in [4.78, 5) is 3.52. The third-order valence-electron chi connectivity index (χ3n) is 5.21. The van der Waals surface area contributed by atoms with Crippen LogP contribution in [-0.2, 0) is 12.4 Å². The van der Waals surface area contributed by atoms with Crippen LogP contribution in [0.4, 0.5) is 37.7 Å². The van der Waals surface area contributed by atoms with Crippen LogP contribution < -0.4 is 9.80 Å². The molecule has 0 fully saturated rings. The Morgan fingerprint density at radius 3 is 1.80 bits per heavy atom. The van der Waals surface area contributed by atoms with Crippen molar-refractivity contribution in [2.45, 2.75) is 39.0 Å². The van der Waals surface area contributed by atoms with E-state index in [-0.39, 0.29) is 6.67 Å². The Hall–Kier alpha value is -2.64. The van der Waals surface area contributed by atoms with Gasteiger partial charge in [0.2, 0.25) is 0 Å². The summed E-state index contributed by atoms with van der Waals surface area (Å²) in [6.45, 7) is 4.45. The van der Waals surface area contributed by atoms with Crippen molar-refractivity contribution in [3.8, 4) is 0 Å². The predicted molar refractivity (Wildman–Crippen MR) is 105 cm³/mol. The number of benzene rings is 2. The zero-order chi connectivity index (χ0) is 22.1. The van der Waals surface area contributed by atoms with Gasteiger partial charge in [-0.1, -0.05) is 26.0 Å². The van der Waals surface area contributed by atoms with Crippen LogP contribution in [0.2, 0.25) is 0 Å². The van der Waals surface area contributed by atoms with Gasteiger partial charge in [-0.2, -0.15) is 26.3 Å². The average molecular weight is 428 g/mol. The van der Waals surface area contributed by atoms with E-state index in [1.54, 1.807) is 21.9 Å². The molecular weight excluding hydrogens is 406 g/mol. The Morgan fingerprint density at radius 2 is 1.30 bits per heavy atom. The molecular formula is C22H22F6N2. The van der Waals surface area contributed by atoms with Crippen molar-refractivity contribution in [1.82, 2.24) is 0 Å². The molecule has 0 amide bonds. The average Bonchev–Trinajstić information content (AvgIpc) is 2.71. The van der Waals surface area contributed by atoms with Crippen LogP contribution >= 0.6 is 0 Å². The van der Waals surface area contributed by atoms with Gasteiger partial charge >= 0.3 is 12.4 Å². The maximum Gasteiger partial charge on any atom is 0.416 e. The van der Waals surface area contributed by atoms with E-state index in [0.717, 1.165) is 35.5 Å². The largest absolute Gasteiger partial charge is 0.416 e. The van der Waals surface area contributed by atoms with Crippen molar-refractivity contribution >= 4 is 11.4 Å². The standard InChI is InChI=1S/C22H22F6N2/c1-3-15-13-29(18-9-5-7-16(11-18)21(23,24)25)14-30(20(15)4-2)19-10-6-8-17(12-19)22(26,27)28/h5-12H,3-4,13-14H2,1-2H3. The molecule has 0 N–H and O–H groups in total. The number of rotatable bonds is 4. The SMILES string of the molecule is CCC1=C(CC)N(c2cccc(C(F)(F)F)c2)CN(c2cccc(C(F)(F)F)c2)C1. The Balaban J connectivity index is 2.04. The molecule has 1 aliphatic rings. The lowest BCUT2D eigenvalue weighted by Crippen LogP contribution is -2.44. The molecule has 2 aromatic rings. The number of anilines is 2. The topological polar surface area (TPSA) is 6.48 Å². The second kappa shape index (κ2) is 8.24. The van der Waals surface area contributed by atoms with Gasteiger partial charge in [0.15, 0.2) is 0 Å². The maximum atomic E-state index is 13.2. The summed E-state index contributed by atoms with van der Waals surface area (Å²) >= 11 is 0. The first-order chi connectivity index (χ1) is 14.0. The number of nitrogens with zero attached hydrogens (tertiary/aromatic N) is 2. The fourth-order valence-electron chi connectivity index (χ4n) is 3.71. The molecule has 1 aliphatic heterocycles.